The topological polar surface area (TPSA) is 17.3 Å². The fourth-order valence-corrected chi connectivity index (χ4v) is 3.64. The van der Waals surface area contributed by atoms with Crippen LogP contribution in [0.5, 0.6) is 0 Å². The van der Waals surface area contributed by atoms with Crippen molar-refractivity contribution in [2.75, 3.05) is 0 Å². The number of nitrogens with zero attached hydrogens (tertiary/aromatic N) is 2. The van der Waals surface area contributed by atoms with Gasteiger partial charge in [0.1, 0.15) is 0 Å². The molecule has 2 nitrogen and oxygen atoms in total. The molecule has 2 aromatic carbocycles. The summed E-state index contributed by atoms with van der Waals surface area (Å²) in [5.74, 6) is 0. The number of allylic oxidation sites excluding steroid dienone is 1. The average Bonchev–Trinajstić information content (AvgIpc) is 2.98. The molecule has 0 atom stereocenters. The molecule has 134 valence electrons. The Morgan fingerprint density at radius 2 is 1.88 bits per heavy atom. The molecule has 0 radical (unpaired) electrons. The van der Waals surface area contributed by atoms with E-state index in [1.54, 1.807) is 12.1 Å². The van der Waals surface area contributed by atoms with Gasteiger partial charge in [-0.05, 0) is 35.9 Å². The molecule has 0 fully saturated rings. The molecule has 3 rings (SSSR count). The Hall–Kier alpha value is -2.12. The van der Waals surface area contributed by atoms with Gasteiger partial charge in [-0.2, -0.15) is 13.2 Å². The van der Waals surface area contributed by atoms with Gasteiger partial charge in [0.05, 0.1) is 16.9 Å². The van der Waals surface area contributed by atoms with E-state index in [1.165, 1.54) is 17.4 Å². The first-order valence-corrected chi connectivity index (χ1v) is 9.33. The van der Waals surface area contributed by atoms with Crippen molar-refractivity contribution < 1.29 is 13.2 Å². The largest absolute Gasteiger partial charge is 0.416 e. The number of alkyl halides is 3. The summed E-state index contributed by atoms with van der Waals surface area (Å²) in [4.78, 5) is 5.04. The number of hydrogen-bond acceptors (Lipinski definition) is 2. The van der Waals surface area contributed by atoms with E-state index >= 15 is 0 Å². The molecule has 0 aliphatic carbocycles. The zero-order chi connectivity index (χ0) is 18.7. The SMILES string of the molecule is C=CCn1c(-c2ccc(Br)cc2)csc1=Nc1cccc(C(F)(F)F)c1. The highest BCUT2D eigenvalue weighted by Gasteiger charge is 2.30. The lowest BCUT2D eigenvalue weighted by atomic mass is 10.2. The Morgan fingerprint density at radius 1 is 1.15 bits per heavy atom. The zero-order valence-electron chi connectivity index (χ0n) is 13.5. The summed E-state index contributed by atoms with van der Waals surface area (Å²) < 4.78 is 41.6. The lowest BCUT2D eigenvalue weighted by Gasteiger charge is -2.08. The van der Waals surface area contributed by atoms with E-state index in [0.717, 1.165) is 27.9 Å². The standard InChI is InChI=1S/C19H14BrF3N2S/c1-2-10-25-17(13-6-8-15(20)9-7-13)12-26-18(25)24-16-5-3-4-14(11-16)19(21,22)23/h2-9,11-12H,1,10H2. The Morgan fingerprint density at radius 3 is 2.54 bits per heavy atom. The fourth-order valence-electron chi connectivity index (χ4n) is 2.44. The molecule has 7 heteroatoms. The van der Waals surface area contributed by atoms with Crippen molar-refractivity contribution in [3.05, 3.63) is 81.4 Å². The highest BCUT2D eigenvalue weighted by molar-refractivity contribution is 9.10. The third kappa shape index (κ3) is 4.16. The minimum Gasteiger partial charge on any atom is -0.313 e. The summed E-state index contributed by atoms with van der Waals surface area (Å²) in [7, 11) is 0. The van der Waals surface area contributed by atoms with Crippen LogP contribution in [0.3, 0.4) is 0 Å². The third-order valence-corrected chi connectivity index (χ3v) is 5.04. The molecule has 0 aliphatic rings. The van der Waals surface area contributed by atoms with Crippen molar-refractivity contribution in [3.8, 4) is 11.3 Å². The van der Waals surface area contributed by atoms with Crippen LogP contribution in [0.4, 0.5) is 18.9 Å². The van der Waals surface area contributed by atoms with Gasteiger partial charge in [0.15, 0.2) is 4.80 Å². The molecule has 0 amide bonds. The smallest absolute Gasteiger partial charge is 0.313 e. The molecule has 0 aliphatic heterocycles. The van der Waals surface area contributed by atoms with Gasteiger partial charge in [0.2, 0.25) is 0 Å². The van der Waals surface area contributed by atoms with Gasteiger partial charge in [-0.3, -0.25) is 0 Å². The molecule has 0 saturated heterocycles. The lowest BCUT2D eigenvalue weighted by Crippen LogP contribution is -2.14. The second-order valence-electron chi connectivity index (χ2n) is 5.47. The van der Waals surface area contributed by atoms with Gasteiger partial charge in [-0.15, -0.1) is 17.9 Å². The van der Waals surface area contributed by atoms with E-state index in [0.29, 0.717) is 11.3 Å². The molecule has 0 spiro atoms. The van der Waals surface area contributed by atoms with Gasteiger partial charge >= 0.3 is 6.18 Å². The molecule has 1 aromatic heterocycles. The summed E-state index contributed by atoms with van der Waals surface area (Å²) in [6.45, 7) is 4.27. The second-order valence-corrected chi connectivity index (χ2v) is 7.22. The summed E-state index contributed by atoms with van der Waals surface area (Å²) in [6.07, 6.45) is -2.65. The third-order valence-electron chi connectivity index (χ3n) is 3.65. The van der Waals surface area contributed by atoms with Crippen molar-refractivity contribution in [2.24, 2.45) is 4.99 Å². The first kappa shape index (κ1) is 18.7. The molecule has 1 heterocycles. The maximum Gasteiger partial charge on any atom is 0.416 e. The van der Waals surface area contributed by atoms with Crippen LogP contribution in [-0.2, 0) is 12.7 Å². The highest BCUT2D eigenvalue weighted by atomic mass is 79.9. The van der Waals surface area contributed by atoms with Crippen LogP contribution in [0.25, 0.3) is 11.3 Å². The van der Waals surface area contributed by atoms with E-state index in [9.17, 15) is 13.2 Å². The molecule has 0 bridgehead atoms. The summed E-state index contributed by atoms with van der Waals surface area (Å²) in [6, 6.07) is 12.8. The Bertz CT molecular complexity index is 985. The monoisotopic (exact) mass is 438 g/mol. The predicted octanol–water partition coefficient (Wildman–Crippen LogP) is 6.42. The van der Waals surface area contributed by atoms with E-state index in [4.69, 9.17) is 0 Å². The van der Waals surface area contributed by atoms with Crippen LogP contribution in [0.15, 0.2) is 76.0 Å². The minimum absolute atomic E-state index is 0.266. The number of hydrogen-bond donors (Lipinski definition) is 0. The number of halogens is 4. The first-order chi connectivity index (χ1) is 12.4. The molecular formula is C19H14BrF3N2S. The van der Waals surface area contributed by atoms with Crippen molar-refractivity contribution in [1.29, 1.82) is 0 Å². The molecular weight excluding hydrogens is 425 g/mol. The van der Waals surface area contributed by atoms with Gasteiger partial charge in [0.25, 0.3) is 0 Å². The summed E-state index contributed by atoms with van der Waals surface area (Å²) in [5, 5.41) is 1.94. The van der Waals surface area contributed by atoms with Crippen LogP contribution < -0.4 is 4.80 Å². The highest BCUT2D eigenvalue weighted by Crippen LogP contribution is 2.31. The first-order valence-electron chi connectivity index (χ1n) is 7.65. The molecule has 0 saturated carbocycles. The van der Waals surface area contributed by atoms with Crippen molar-refractivity contribution in [2.45, 2.75) is 12.7 Å². The zero-order valence-corrected chi connectivity index (χ0v) is 15.9. The maximum atomic E-state index is 12.9. The van der Waals surface area contributed by atoms with Crippen LogP contribution in [0.1, 0.15) is 5.56 Å². The Balaban J connectivity index is 2.09. The second kappa shape index (κ2) is 7.63. The quantitative estimate of drug-likeness (QED) is 0.418. The number of benzene rings is 2. The van der Waals surface area contributed by atoms with E-state index in [-0.39, 0.29) is 5.69 Å². The van der Waals surface area contributed by atoms with Gasteiger partial charge < -0.3 is 4.57 Å². The van der Waals surface area contributed by atoms with Crippen molar-refractivity contribution in [3.63, 3.8) is 0 Å². The number of aromatic nitrogens is 1. The van der Waals surface area contributed by atoms with Gasteiger partial charge in [-0.25, -0.2) is 4.99 Å². The average molecular weight is 439 g/mol. The van der Waals surface area contributed by atoms with Crippen LogP contribution in [-0.4, -0.2) is 4.57 Å². The van der Waals surface area contributed by atoms with Gasteiger partial charge in [0, 0.05) is 16.4 Å². The minimum atomic E-state index is -4.39. The van der Waals surface area contributed by atoms with Crippen LogP contribution >= 0.6 is 27.3 Å². The fraction of sp³-hybridized carbons (Fsp3) is 0.105. The number of thiazole rings is 1. The van der Waals surface area contributed by atoms with Crippen LogP contribution in [0.2, 0.25) is 0 Å². The molecule has 3 aromatic rings. The number of rotatable bonds is 4. The maximum absolute atomic E-state index is 12.9. The van der Waals surface area contributed by atoms with E-state index in [2.05, 4.69) is 27.5 Å². The Labute approximate surface area is 161 Å². The normalized spacial score (nSPS) is 12.4. The molecule has 0 N–H and O–H groups in total. The van der Waals surface area contributed by atoms with E-state index in [1.807, 2.05) is 34.2 Å². The Kier molecular flexibility index (Phi) is 5.48. The van der Waals surface area contributed by atoms with Crippen molar-refractivity contribution >= 4 is 33.0 Å². The predicted molar refractivity (Wildman–Crippen MR) is 102 cm³/mol. The van der Waals surface area contributed by atoms with Crippen LogP contribution in [0, 0.1) is 0 Å². The van der Waals surface area contributed by atoms with Gasteiger partial charge in [-0.1, -0.05) is 40.2 Å². The van der Waals surface area contributed by atoms with E-state index < -0.39 is 11.7 Å². The lowest BCUT2D eigenvalue weighted by molar-refractivity contribution is -0.137. The molecule has 26 heavy (non-hydrogen) atoms. The molecule has 0 unspecified atom stereocenters. The summed E-state index contributed by atoms with van der Waals surface area (Å²) in [5.41, 5.74) is 1.49. The summed E-state index contributed by atoms with van der Waals surface area (Å²) >= 11 is 4.79. The van der Waals surface area contributed by atoms with Crippen molar-refractivity contribution in [1.82, 2.24) is 4.57 Å².